The summed E-state index contributed by atoms with van der Waals surface area (Å²) in [6, 6.07) is 15.4. The molecule has 0 fully saturated rings. The lowest BCUT2D eigenvalue weighted by Crippen LogP contribution is -2.48. The average molecular weight is 498 g/mol. The molecule has 0 amide bonds. The predicted molar refractivity (Wildman–Crippen MR) is 143 cm³/mol. The molecule has 2 aromatic carbocycles. The first kappa shape index (κ1) is 23.4. The van der Waals surface area contributed by atoms with Gasteiger partial charge in [0, 0.05) is 10.6 Å². The van der Waals surface area contributed by atoms with E-state index >= 15 is 0 Å². The van der Waals surface area contributed by atoms with Gasteiger partial charge in [0.25, 0.3) is 5.56 Å². The van der Waals surface area contributed by atoms with Gasteiger partial charge >= 0.3 is 0 Å². The van der Waals surface area contributed by atoms with E-state index in [2.05, 4.69) is 16.5 Å². The van der Waals surface area contributed by atoms with Crippen LogP contribution in [0.1, 0.15) is 23.9 Å². The zero-order valence-corrected chi connectivity index (χ0v) is 20.7. The molecule has 0 bridgehead atoms. The van der Waals surface area contributed by atoms with Gasteiger partial charge in [-0.15, -0.1) is 0 Å². The SMILES string of the molecule is C=c1nc(Cn2nc(-c3cccc(C)c3)c3c(N)ncnc32)n(Cc2ccccc2Cl)c(=O)c1=CC. The van der Waals surface area contributed by atoms with Crippen molar-refractivity contribution in [2.24, 2.45) is 0 Å². The Labute approximate surface area is 212 Å². The van der Waals surface area contributed by atoms with Crippen LogP contribution in [0.15, 0.2) is 59.7 Å². The third-order valence-electron chi connectivity index (χ3n) is 6.08. The summed E-state index contributed by atoms with van der Waals surface area (Å²) < 4.78 is 3.31. The number of halogens is 1. The van der Waals surface area contributed by atoms with Gasteiger partial charge in [-0.25, -0.2) is 19.6 Å². The van der Waals surface area contributed by atoms with Crippen LogP contribution in [-0.2, 0) is 13.1 Å². The molecule has 0 radical (unpaired) electrons. The van der Waals surface area contributed by atoms with Crippen molar-refractivity contribution in [1.82, 2.24) is 29.3 Å². The molecule has 0 aliphatic heterocycles. The van der Waals surface area contributed by atoms with Crippen molar-refractivity contribution in [1.29, 1.82) is 0 Å². The minimum atomic E-state index is -0.197. The molecule has 36 heavy (non-hydrogen) atoms. The van der Waals surface area contributed by atoms with Crippen LogP contribution in [0.5, 0.6) is 0 Å². The minimum absolute atomic E-state index is 0.172. The van der Waals surface area contributed by atoms with Gasteiger partial charge in [-0.1, -0.05) is 66.2 Å². The molecule has 3 aromatic heterocycles. The number of nitrogen functional groups attached to an aromatic ring is 1. The molecule has 0 aliphatic carbocycles. The van der Waals surface area contributed by atoms with E-state index in [1.807, 2.05) is 49.4 Å². The van der Waals surface area contributed by atoms with Crippen molar-refractivity contribution < 1.29 is 0 Å². The highest BCUT2D eigenvalue weighted by Crippen LogP contribution is 2.30. The van der Waals surface area contributed by atoms with Crippen molar-refractivity contribution in [3.8, 4) is 11.3 Å². The predicted octanol–water partition coefficient (Wildman–Crippen LogP) is 2.90. The average Bonchev–Trinajstić information content (AvgIpc) is 3.22. The van der Waals surface area contributed by atoms with E-state index in [4.69, 9.17) is 27.4 Å². The number of hydrogen-bond acceptors (Lipinski definition) is 6. The molecule has 0 aliphatic rings. The molecule has 2 N–H and O–H groups in total. The molecule has 0 saturated heterocycles. The summed E-state index contributed by atoms with van der Waals surface area (Å²) in [5.74, 6) is 0.811. The van der Waals surface area contributed by atoms with E-state index < -0.39 is 0 Å². The fourth-order valence-corrected chi connectivity index (χ4v) is 4.50. The lowest BCUT2D eigenvalue weighted by molar-refractivity contribution is 0.592. The van der Waals surface area contributed by atoms with Crippen LogP contribution in [0, 0.1) is 6.92 Å². The molecular weight excluding hydrogens is 474 g/mol. The Hall–Kier alpha value is -4.30. The second-order valence-corrected chi connectivity index (χ2v) is 8.90. The molecule has 5 aromatic rings. The van der Waals surface area contributed by atoms with Crippen molar-refractivity contribution in [2.75, 3.05) is 5.73 Å². The number of rotatable bonds is 5. The lowest BCUT2D eigenvalue weighted by Gasteiger charge is -2.14. The van der Waals surface area contributed by atoms with E-state index in [1.54, 1.807) is 28.3 Å². The number of hydrogen-bond donors (Lipinski definition) is 1. The Morgan fingerprint density at radius 3 is 2.67 bits per heavy atom. The number of nitrogens with zero attached hydrogens (tertiary/aromatic N) is 6. The Morgan fingerprint density at radius 2 is 1.92 bits per heavy atom. The number of aromatic nitrogens is 6. The quantitative estimate of drug-likeness (QED) is 0.400. The summed E-state index contributed by atoms with van der Waals surface area (Å²) in [5, 5.41) is 6.92. The van der Waals surface area contributed by atoms with E-state index in [9.17, 15) is 4.79 Å². The lowest BCUT2D eigenvalue weighted by atomic mass is 10.1. The monoisotopic (exact) mass is 497 g/mol. The molecule has 0 unspecified atom stereocenters. The zero-order chi connectivity index (χ0) is 25.4. The van der Waals surface area contributed by atoms with Gasteiger partial charge < -0.3 is 5.73 Å². The van der Waals surface area contributed by atoms with E-state index in [0.29, 0.717) is 44.0 Å². The van der Waals surface area contributed by atoms with Crippen LogP contribution in [0.3, 0.4) is 0 Å². The molecule has 5 rings (SSSR count). The highest BCUT2D eigenvalue weighted by Gasteiger charge is 2.19. The third-order valence-corrected chi connectivity index (χ3v) is 6.45. The summed E-state index contributed by atoms with van der Waals surface area (Å²) in [7, 11) is 0. The number of aryl methyl sites for hydroxylation is 1. The molecule has 0 spiro atoms. The zero-order valence-electron chi connectivity index (χ0n) is 19.9. The maximum absolute atomic E-state index is 13.5. The minimum Gasteiger partial charge on any atom is -0.383 e. The van der Waals surface area contributed by atoms with Crippen LogP contribution < -0.4 is 21.9 Å². The highest BCUT2D eigenvalue weighted by atomic mass is 35.5. The Balaban J connectivity index is 1.71. The van der Waals surface area contributed by atoms with Gasteiger partial charge in [-0.3, -0.25) is 9.36 Å². The van der Waals surface area contributed by atoms with Crippen LogP contribution in [0.25, 0.3) is 34.9 Å². The normalized spacial score (nSPS) is 11.9. The summed E-state index contributed by atoms with van der Waals surface area (Å²) in [5.41, 5.74) is 10.1. The van der Waals surface area contributed by atoms with E-state index in [1.165, 1.54) is 6.33 Å². The molecule has 9 heteroatoms. The second kappa shape index (κ2) is 9.39. The Kier molecular flexibility index (Phi) is 6.12. The first-order chi connectivity index (χ1) is 17.4. The van der Waals surface area contributed by atoms with Gasteiger partial charge in [0.15, 0.2) is 5.65 Å². The number of benzene rings is 2. The van der Waals surface area contributed by atoms with Gasteiger partial charge in [-0.2, -0.15) is 5.10 Å². The number of fused-ring (bicyclic) bond motifs is 1. The second-order valence-electron chi connectivity index (χ2n) is 8.49. The molecule has 180 valence electrons. The first-order valence-corrected chi connectivity index (χ1v) is 11.8. The topological polar surface area (TPSA) is 105 Å². The van der Waals surface area contributed by atoms with Crippen molar-refractivity contribution in [2.45, 2.75) is 26.9 Å². The van der Waals surface area contributed by atoms with Crippen molar-refractivity contribution in [3.63, 3.8) is 0 Å². The first-order valence-electron chi connectivity index (χ1n) is 11.4. The Morgan fingerprint density at radius 1 is 1.11 bits per heavy atom. The number of anilines is 1. The van der Waals surface area contributed by atoms with Crippen molar-refractivity contribution in [3.05, 3.63) is 97.8 Å². The van der Waals surface area contributed by atoms with E-state index in [0.717, 1.165) is 16.7 Å². The van der Waals surface area contributed by atoms with E-state index in [-0.39, 0.29) is 18.6 Å². The van der Waals surface area contributed by atoms with Crippen LogP contribution >= 0.6 is 11.6 Å². The molecule has 3 heterocycles. The van der Waals surface area contributed by atoms with Crippen LogP contribution in [-0.4, -0.2) is 29.3 Å². The van der Waals surface area contributed by atoms with Crippen LogP contribution in [0.4, 0.5) is 5.82 Å². The maximum atomic E-state index is 13.5. The highest BCUT2D eigenvalue weighted by molar-refractivity contribution is 6.31. The van der Waals surface area contributed by atoms with Crippen LogP contribution in [0.2, 0.25) is 5.02 Å². The molecule has 8 nitrogen and oxygen atoms in total. The summed E-state index contributed by atoms with van der Waals surface area (Å²) in [4.78, 5) is 26.8. The molecular formula is C27H24ClN7O. The van der Waals surface area contributed by atoms with Crippen molar-refractivity contribution >= 4 is 41.1 Å². The molecule has 0 saturated carbocycles. The number of nitrogens with two attached hydrogens (primary N) is 1. The van der Waals surface area contributed by atoms with Gasteiger partial charge in [-0.05, 0) is 31.5 Å². The fourth-order valence-electron chi connectivity index (χ4n) is 4.30. The maximum Gasteiger partial charge on any atom is 0.261 e. The van der Waals surface area contributed by atoms with Gasteiger partial charge in [0.1, 0.15) is 30.2 Å². The summed E-state index contributed by atoms with van der Waals surface area (Å²) in [6.07, 6.45) is 3.12. The molecule has 0 atom stereocenters. The van der Waals surface area contributed by atoms with Gasteiger partial charge in [0.05, 0.1) is 22.5 Å². The summed E-state index contributed by atoms with van der Waals surface area (Å²) >= 11 is 6.42. The Bertz CT molecular complexity index is 1790. The van der Waals surface area contributed by atoms with Gasteiger partial charge in [0.2, 0.25) is 0 Å². The third kappa shape index (κ3) is 4.16. The standard InChI is InChI=1S/C27H24ClN7O/c1-4-20-17(3)32-22(34(27(20)36)13-19-9-5-6-11-21(19)28)14-35-26-23(25(29)30-15-31-26)24(33-35)18-10-7-8-16(2)12-18/h4-12,15H,3,13-14H2,1-2H3,(H2,29,30,31). The smallest absolute Gasteiger partial charge is 0.261 e. The fraction of sp³-hybridized carbons (Fsp3) is 0.148. The summed E-state index contributed by atoms with van der Waals surface area (Å²) in [6.45, 7) is 8.24. The largest absolute Gasteiger partial charge is 0.383 e.